The number of carbonyl (C=O) groups excluding carboxylic acids is 1. The number of anilines is 1. The molecule has 1 rings (SSSR count). The zero-order valence-electron chi connectivity index (χ0n) is 6.97. The molecule has 0 saturated heterocycles. The normalized spacial score (nSPS) is 9.00. The first-order chi connectivity index (χ1) is 6.13. The van der Waals surface area contributed by atoms with E-state index in [2.05, 4.69) is 10.3 Å². The highest BCUT2D eigenvalue weighted by Crippen LogP contribution is 2.15. The fourth-order valence-electron chi connectivity index (χ4n) is 0.821. The van der Waals surface area contributed by atoms with Crippen LogP contribution >= 0.6 is 11.6 Å². The predicted molar refractivity (Wildman–Crippen MR) is 51.4 cm³/mol. The Morgan fingerprint density at radius 3 is 2.92 bits per heavy atom. The lowest BCUT2D eigenvalue weighted by molar-refractivity contribution is -0.111. The molecule has 66 valence electrons. The zero-order chi connectivity index (χ0) is 9.84. The maximum absolute atomic E-state index is 10.8. The van der Waals surface area contributed by atoms with Gasteiger partial charge in [0, 0.05) is 0 Å². The van der Waals surface area contributed by atoms with Gasteiger partial charge in [0.1, 0.15) is 5.15 Å². The first-order valence-corrected chi connectivity index (χ1v) is 3.92. The summed E-state index contributed by atoms with van der Waals surface area (Å²) in [5.74, 6) is 1.45. The molecule has 0 bridgehead atoms. The van der Waals surface area contributed by atoms with Crippen molar-refractivity contribution in [3.8, 4) is 12.3 Å². The second-order valence-corrected chi connectivity index (χ2v) is 2.75. The topological polar surface area (TPSA) is 42.0 Å². The lowest BCUT2D eigenvalue weighted by Gasteiger charge is -2.03. The third-order valence-corrected chi connectivity index (χ3v) is 1.64. The first kappa shape index (κ1) is 9.56. The lowest BCUT2D eigenvalue weighted by Crippen LogP contribution is -2.09. The van der Waals surface area contributed by atoms with Gasteiger partial charge in [0.05, 0.1) is 11.4 Å². The molecule has 1 heterocycles. The monoisotopic (exact) mass is 194 g/mol. The smallest absolute Gasteiger partial charge is 0.300 e. The maximum Gasteiger partial charge on any atom is 0.300 e. The zero-order valence-corrected chi connectivity index (χ0v) is 7.72. The molecule has 13 heavy (non-hydrogen) atoms. The van der Waals surface area contributed by atoms with Crippen molar-refractivity contribution in [3.63, 3.8) is 0 Å². The van der Waals surface area contributed by atoms with E-state index in [1.807, 2.05) is 5.92 Å². The molecular weight excluding hydrogens is 188 g/mol. The van der Waals surface area contributed by atoms with Gasteiger partial charge in [-0.1, -0.05) is 11.6 Å². The number of nitrogens with zero attached hydrogens (tertiary/aromatic N) is 1. The van der Waals surface area contributed by atoms with Gasteiger partial charge in [-0.05, 0) is 25.0 Å². The molecule has 0 unspecified atom stereocenters. The van der Waals surface area contributed by atoms with Crippen LogP contribution in [0.5, 0.6) is 0 Å². The summed E-state index contributed by atoms with van der Waals surface area (Å²) in [4.78, 5) is 14.8. The molecule has 1 amide bonds. The number of aromatic nitrogens is 1. The highest BCUT2D eigenvalue weighted by atomic mass is 35.5. The van der Waals surface area contributed by atoms with Crippen molar-refractivity contribution in [1.82, 2.24) is 4.98 Å². The number of aryl methyl sites for hydroxylation is 1. The summed E-state index contributed by atoms with van der Waals surface area (Å²) in [5.41, 5.74) is 1.21. The molecule has 4 heteroatoms. The molecule has 0 saturated carbocycles. The predicted octanol–water partition coefficient (Wildman–Crippen LogP) is 1.62. The van der Waals surface area contributed by atoms with Crippen molar-refractivity contribution in [3.05, 3.63) is 23.0 Å². The van der Waals surface area contributed by atoms with E-state index >= 15 is 0 Å². The van der Waals surface area contributed by atoms with Crippen LogP contribution in [-0.4, -0.2) is 10.9 Å². The van der Waals surface area contributed by atoms with Gasteiger partial charge < -0.3 is 5.32 Å². The second-order valence-electron chi connectivity index (χ2n) is 2.37. The maximum atomic E-state index is 10.8. The van der Waals surface area contributed by atoms with Crippen LogP contribution in [0.2, 0.25) is 5.15 Å². The highest BCUT2D eigenvalue weighted by Gasteiger charge is 2.02. The summed E-state index contributed by atoms with van der Waals surface area (Å²) >= 11 is 5.62. The molecule has 0 atom stereocenters. The number of terminal acetylenes is 1. The Hall–Kier alpha value is -1.53. The summed E-state index contributed by atoms with van der Waals surface area (Å²) in [5, 5.41) is 2.88. The van der Waals surface area contributed by atoms with Crippen LogP contribution in [0, 0.1) is 19.3 Å². The molecule has 0 spiro atoms. The van der Waals surface area contributed by atoms with Crippen molar-refractivity contribution < 1.29 is 4.79 Å². The van der Waals surface area contributed by atoms with Gasteiger partial charge in [-0.3, -0.25) is 4.79 Å². The van der Waals surface area contributed by atoms with E-state index in [-0.39, 0.29) is 0 Å². The summed E-state index contributed by atoms with van der Waals surface area (Å²) in [7, 11) is 0. The number of hydrogen-bond acceptors (Lipinski definition) is 2. The SMILES string of the molecule is C#CC(=O)Nc1ccc(Cl)nc1C. The van der Waals surface area contributed by atoms with Gasteiger partial charge >= 0.3 is 0 Å². The van der Waals surface area contributed by atoms with E-state index in [0.717, 1.165) is 0 Å². The van der Waals surface area contributed by atoms with Gasteiger partial charge in [-0.2, -0.15) is 0 Å². The number of rotatable bonds is 1. The van der Waals surface area contributed by atoms with Crippen LogP contribution in [0.1, 0.15) is 5.69 Å². The molecular formula is C9H7ClN2O. The van der Waals surface area contributed by atoms with Gasteiger partial charge in [-0.25, -0.2) is 4.98 Å². The second kappa shape index (κ2) is 3.92. The van der Waals surface area contributed by atoms with E-state index in [1.165, 1.54) is 0 Å². The first-order valence-electron chi connectivity index (χ1n) is 3.54. The van der Waals surface area contributed by atoms with Gasteiger partial charge in [-0.15, -0.1) is 6.42 Å². The Morgan fingerprint density at radius 2 is 2.38 bits per heavy atom. The Bertz CT molecular complexity index is 382. The van der Waals surface area contributed by atoms with E-state index in [1.54, 1.807) is 19.1 Å². The van der Waals surface area contributed by atoms with Crippen LogP contribution < -0.4 is 5.32 Å². The van der Waals surface area contributed by atoms with Crippen molar-refractivity contribution >= 4 is 23.2 Å². The van der Waals surface area contributed by atoms with Crippen LogP contribution in [0.3, 0.4) is 0 Å². The fraction of sp³-hybridized carbons (Fsp3) is 0.111. The fourth-order valence-corrected chi connectivity index (χ4v) is 1.01. The van der Waals surface area contributed by atoms with Crippen LogP contribution in [-0.2, 0) is 4.79 Å². The number of nitrogens with one attached hydrogen (secondary N) is 1. The molecule has 1 N–H and O–H groups in total. The minimum atomic E-state index is -0.493. The molecule has 1 aromatic rings. The van der Waals surface area contributed by atoms with Crippen LogP contribution in [0.4, 0.5) is 5.69 Å². The highest BCUT2D eigenvalue weighted by molar-refractivity contribution is 6.29. The van der Waals surface area contributed by atoms with Gasteiger partial charge in [0.15, 0.2) is 0 Å². The number of halogens is 1. The van der Waals surface area contributed by atoms with Crippen molar-refractivity contribution in [1.29, 1.82) is 0 Å². The van der Waals surface area contributed by atoms with Gasteiger partial charge in [0.2, 0.25) is 0 Å². The molecule has 0 aliphatic heterocycles. The average molecular weight is 195 g/mol. The lowest BCUT2D eigenvalue weighted by atomic mass is 10.3. The summed E-state index contributed by atoms with van der Waals surface area (Å²) < 4.78 is 0. The van der Waals surface area contributed by atoms with E-state index in [9.17, 15) is 4.79 Å². The van der Waals surface area contributed by atoms with E-state index in [0.29, 0.717) is 16.5 Å². The largest absolute Gasteiger partial charge is 0.313 e. The molecule has 0 aromatic carbocycles. The molecule has 0 aliphatic carbocycles. The quantitative estimate of drug-likeness (QED) is 0.545. The van der Waals surface area contributed by atoms with E-state index in [4.69, 9.17) is 18.0 Å². The van der Waals surface area contributed by atoms with Crippen molar-refractivity contribution in [2.24, 2.45) is 0 Å². The summed E-state index contributed by atoms with van der Waals surface area (Å²) in [6.07, 6.45) is 4.89. The van der Waals surface area contributed by atoms with Gasteiger partial charge in [0.25, 0.3) is 5.91 Å². The Balaban J connectivity index is 2.91. The number of amides is 1. The minimum absolute atomic E-state index is 0.385. The summed E-state index contributed by atoms with van der Waals surface area (Å²) in [6.45, 7) is 1.73. The number of pyridine rings is 1. The Morgan fingerprint density at radius 1 is 1.69 bits per heavy atom. The Kier molecular flexibility index (Phi) is 2.88. The summed E-state index contributed by atoms with van der Waals surface area (Å²) in [6, 6.07) is 3.24. The van der Waals surface area contributed by atoms with Crippen LogP contribution in [0.15, 0.2) is 12.1 Å². The number of carbonyl (C=O) groups is 1. The molecule has 1 aromatic heterocycles. The molecule has 0 aliphatic rings. The minimum Gasteiger partial charge on any atom is -0.313 e. The van der Waals surface area contributed by atoms with Crippen LogP contribution in [0.25, 0.3) is 0 Å². The van der Waals surface area contributed by atoms with E-state index < -0.39 is 5.91 Å². The Labute approximate surface area is 81.1 Å². The van der Waals surface area contributed by atoms with Crippen molar-refractivity contribution in [2.75, 3.05) is 5.32 Å². The third kappa shape index (κ3) is 2.46. The molecule has 0 fully saturated rings. The molecule has 0 radical (unpaired) electrons. The standard InChI is InChI=1S/C9H7ClN2O/c1-3-9(13)12-7-4-5-8(10)11-6(7)2/h1,4-5H,2H3,(H,12,13). The number of hydrogen-bond donors (Lipinski definition) is 1. The molecule has 3 nitrogen and oxygen atoms in total. The van der Waals surface area contributed by atoms with Crippen molar-refractivity contribution in [2.45, 2.75) is 6.92 Å². The average Bonchev–Trinajstić information content (AvgIpc) is 2.09. The third-order valence-electron chi connectivity index (χ3n) is 1.43.